The number of benzene rings is 6. The van der Waals surface area contributed by atoms with E-state index >= 15 is 0 Å². The van der Waals surface area contributed by atoms with Gasteiger partial charge in [0.2, 0.25) is 0 Å². The maximum absolute atomic E-state index is 13.8. The van der Waals surface area contributed by atoms with Crippen LogP contribution in [0.2, 0.25) is 5.15 Å². The van der Waals surface area contributed by atoms with E-state index in [0.29, 0.717) is 58.1 Å². The molecule has 115 heavy (non-hydrogen) atoms. The van der Waals surface area contributed by atoms with Gasteiger partial charge in [-0.2, -0.15) is 39.5 Å². The number of hydrogen-bond acceptors (Lipinski definition) is 21. The number of carbonyl (C=O) groups excluding carboxylic acids is 3. The summed E-state index contributed by atoms with van der Waals surface area (Å²) in [6, 6.07) is 38.5. The molecule has 3 amide bonds. The van der Waals surface area contributed by atoms with Crippen LogP contribution in [0.25, 0.3) is 0 Å². The van der Waals surface area contributed by atoms with Gasteiger partial charge in [-0.25, -0.2) is 15.0 Å². The van der Waals surface area contributed by atoms with Gasteiger partial charge in [0, 0.05) is 109 Å². The molecule has 3 aliphatic heterocycles. The van der Waals surface area contributed by atoms with Gasteiger partial charge in [0.1, 0.15) is 69.6 Å². The largest absolute Gasteiger partial charge is 0.494 e. The quantitative estimate of drug-likeness (QED) is 0.0173. The minimum atomic E-state index is -4.67. The molecule has 10 N–H and O–H groups in total. The Bertz CT molecular complexity index is 4560. The first-order valence-electron chi connectivity index (χ1n) is 36.4. The molecular formula is C81H91ClF9N15O9. The Morgan fingerprint density at radius 1 is 0.391 bits per heavy atom. The molecule has 0 unspecified atom stereocenters. The lowest BCUT2D eigenvalue weighted by atomic mass is 10.1. The number of halogens is 10. The third-order valence-electron chi connectivity index (χ3n) is 18.6. The predicted octanol–water partition coefficient (Wildman–Crippen LogP) is 16.5. The molecule has 0 spiro atoms. The number of nitrogens with one attached hydrogen (secondary N) is 8. The summed E-state index contributed by atoms with van der Waals surface area (Å²) in [5.41, 5.74) is 5.03. The van der Waals surface area contributed by atoms with Crippen LogP contribution >= 0.6 is 11.6 Å². The number of hydrogen-bond donors (Lipinski definition) is 9. The molecule has 0 aliphatic carbocycles. The van der Waals surface area contributed by atoms with Crippen LogP contribution in [-0.4, -0.2) is 169 Å². The molecule has 12 rings (SSSR count). The Labute approximate surface area is 664 Å². The Morgan fingerprint density at radius 2 is 0.687 bits per heavy atom. The van der Waals surface area contributed by atoms with Crippen molar-refractivity contribution in [3.63, 3.8) is 0 Å². The summed E-state index contributed by atoms with van der Waals surface area (Å²) in [7, 11) is 15.3. The highest BCUT2D eigenvalue weighted by Crippen LogP contribution is 2.43. The van der Waals surface area contributed by atoms with E-state index in [9.17, 15) is 53.9 Å². The van der Waals surface area contributed by atoms with Crippen molar-refractivity contribution in [1.82, 2.24) is 45.6 Å². The maximum atomic E-state index is 13.8. The number of para-hydroxylation sites is 3. The summed E-state index contributed by atoms with van der Waals surface area (Å²) < 4.78 is 156. The van der Waals surface area contributed by atoms with Gasteiger partial charge >= 0.3 is 18.5 Å². The molecule has 3 aliphatic rings. The third-order valence-corrected chi connectivity index (χ3v) is 18.8. The minimum absolute atomic E-state index is 0.0899. The lowest BCUT2D eigenvalue weighted by Crippen LogP contribution is -2.35. The van der Waals surface area contributed by atoms with E-state index in [1.165, 1.54) is 83.9 Å². The number of piperidine rings is 3. The summed E-state index contributed by atoms with van der Waals surface area (Å²) in [5, 5.41) is 21.5. The van der Waals surface area contributed by atoms with E-state index in [0.717, 1.165) is 102 Å². The van der Waals surface area contributed by atoms with E-state index in [2.05, 4.69) is 93.3 Å². The van der Waals surface area contributed by atoms with E-state index in [1.807, 2.05) is 18.2 Å². The molecule has 6 aromatic carbocycles. The highest BCUT2D eigenvalue weighted by molar-refractivity contribution is 6.29. The van der Waals surface area contributed by atoms with E-state index < -0.39 is 52.9 Å². The number of nitrogens with two attached hydrogens (primary N) is 1. The second kappa shape index (κ2) is 40.4. The zero-order valence-corrected chi connectivity index (χ0v) is 65.3. The highest BCUT2D eigenvalue weighted by atomic mass is 35.5. The number of aromatic nitrogens is 3. The first kappa shape index (κ1) is 87.3. The number of nitrogen functional groups attached to an aromatic ring is 1. The van der Waals surface area contributed by atoms with Gasteiger partial charge in [-0.15, -0.1) is 0 Å². The zero-order chi connectivity index (χ0) is 83.2. The van der Waals surface area contributed by atoms with Crippen molar-refractivity contribution in [2.75, 3.05) is 135 Å². The van der Waals surface area contributed by atoms with Crippen LogP contribution in [0.3, 0.4) is 0 Å². The molecule has 614 valence electrons. The monoisotopic (exact) mass is 1620 g/mol. The molecule has 9 aromatic rings. The Morgan fingerprint density at radius 3 is 1.00 bits per heavy atom. The van der Waals surface area contributed by atoms with Crippen LogP contribution in [0.1, 0.15) is 86.3 Å². The number of ether oxygens (including phenoxy) is 6. The van der Waals surface area contributed by atoms with E-state index in [-0.39, 0.29) is 79.8 Å². The van der Waals surface area contributed by atoms with Gasteiger partial charge in [-0.1, -0.05) is 48.0 Å². The molecule has 0 atom stereocenters. The third kappa shape index (κ3) is 24.9. The van der Waals surface area contributed by atoms with Gasteiger partial charge < -0.3 is 91.4 Å². The lowest BCUT2D eigenvalue weighted by Gasteiger charge is -2.29. The first-order chi connectivity index (χ1) is 54.9. The average molecular weight is 1630 g/mol. The molecule has 0 radical (unpaired) electrons. The topological polar surface area (TPSA) is 277 Å². The van der Waals surface area contributed by atoms with Crippen molar-refractivity contribution >= 4 is 92.1 Å². The van der Waals surface area contributed by atoms with Crippen LogP contribution in [0.15, 0.2) is 164 Å². The Balaban J connectivity index is 0.000000184. The number of nitrogens with zero attached hydrogens (tertiary/aromatic N) is 6. The number of alkyl halides is 9. The fourth-order valence-electron chi connectivity index (χ4n) is 12.3. The molecule has 34 heteroatoms. The molecule has 0 bridgehead atoms. The molecule has 3 saturated heterocycles. The van der Waals surface area contributed by atoms with Crippen molar-refractivity contribution in [2.24, 2.45) is 0 Å². The predicted molar refractivity (Wildman–Crippen MR) is 425 cm³/mol. The second-order valence-electron chi connectivity index (χ2n) is 26.8. The van der Waals surface area contributed by atoms with Crippen molar-refractivity contribution in [3.05, 3.63) is 203 Å². The average Bonchev–Trinajstić information content (AvgIpc) is 0.802. The molecule has 3 aromatic heterocycles. The Hall–Kier alpha value is -11.7. The summed E-state index contributed by atoms with van der Waals surface area (Å²) in [5.74, 6) is 2.75. The van der Waals surface area contributed by atoms with E-state index in [4.69, 9.17) is 45.8 Å². The van der Waals surface area contributed by atoms with Gasteiger partial charge in [0.15, 0.2) is 0 Å². The number of anilines is 11. The summed E-state index contributed by atoms with van der Waals surface area (Å²) >= 11 is 5.67. The number of rotatable bonds is 22. The maximum Gasteiger partial charge on any atom is 0.419 e. The number of pyridine rings is 3. The van der Waals surface area contributed by atoms with Crippen molar-refractivity contribution in [1.29, 1.82) is 0 Å². The lowest BCUT2D eigenvalue weighted by molar-refractivity contribution is -0.138. The van der Waals surface area contributed by atoms with Crippen LogP contribution in [-0.2, 0) is 18.5 Å². The minimum Gasteiger partial charge on any atom is -0.494 e. The molecular weight excluding hydrogens is 1530 g/mol. The summed E-state index contributed by atoms with van der Waals surface area (Å²) in [4.78, 5) is 54.4. The molecule has 24 nitrogen and oxygen atoms in total. The van der Waals surface area contributed by atoms with Crippen LogP contribution in [0.5, 0.6) is 34.5 Å². The number of carbonyl (C=O) groups is 3. The van der Waals surface area contributed by atoms with Gasteiger partial charge in [-0.05, 0) is 139 Å². The molecule has 6 heterocycles. The molecule has 3 fully saturated rings. The number of amides is 3. The van der Waals surface area contributed by atoms with Crippen LogP contribution in [0, 0.1) is 0 Å². The normalized spacial score (nSPS) is 14.4. The smallest absolute Gasteiger partial charge is 0.419 e. The van der Waals surface area contributed by atoms with Crippen LogP contribution < -0.4 is 76.7 Å². The summed E-state index contributed by atoms with van der Waals surface area (Å²) in [6.45, 7) is 6.04. The van der Waals surface area contributed by atoms with Gasteiger partial charge in [-0.3, -0.25) is 14.4 Å². The second-order valence-corrected chi connectivity index (χ2v) is 27.2. The summed E-state index contributed by atoms with van der Waals surface area (Å²) in [6.07, 6.45) is -5.42. The fraction of sp³-hybridized carbons (Fsp3) is 0.333. The molecule has 0 saturated carbocycles. The van der Waals surface area contributed by atoms with Crippen molar-refractivity contribution in [3.8, 4) is 34.5 Å². The highest BCUT2D eigenvalue weighted by Gasteiger charge is 2.38. The van der Waals surface area contributed by atoms with Gasteiger partial charge in [0.05, 0.1) is 106 Å². The number of methoxy groups -OCH3 is 3. The fourth-order valence-corrected chi connectivity index (χ4v) is 12.5. The standard InChI is InChI=1S/2C27H30F3N5O3.C14H11ClF3N3O.C13H20N2O2/c2*1-31-26(36)19-6-4-5-7-21(19)33-23-15-25(32-16-20(23)27(28,29)30)34-22-9-8-18(14-24(22)37-3)38-17-10-12-35(2)13-11-17;1-19-13(22)8-4-2-3-5-10(8)21-11-6-12(15)20-7-9(11)14(16,17)18;1-15-7-5-10(6-8-15)17-11-3-4-12(14)13(9-11)16-2/h2*4-9,14-17H,10-13H2,1-3H3,(H,31,36)(H2,32,33,34);2-7H,1H3,(H,19,22)(H,20,21);3-4,9-10H,5-8,14H2,1-2H3. The van der Waals surface area contributed by atoms with Crippen molar-refractivity contribution in [2.45, 2.75) is 75.4 Å². The van der Waals surface area contributed by atoms with Gasteiger partial charge in [0.25, 0.3) is 17.7 Å². The SMILES string of the molecule is CNC(=O)c1ccccc1Nc1cc(Cl)ncc1C(F)(F)F.CNC(=O)c1ccccc1Nc1cc(Nc2ccc(OC3CCN(C)CC3)cc2OC)ncc1C(F)(F)F.CNC(=O)c1ccccc1Nc1cc(Nc2ccc(OC3CCN(C)CC3)cc2OC)ncc1C(F)(F)F.COc1cc(OC2CCN(C)CC2)ccc1N. The van der Waals surface area contributed by atoms with Crippen molar-refractivity contribution < 1.29 is 82.3 Å². The van der Waals surface area contributed by atoms with E-state index in [1.54, 1.807) is 79.9 Å². The zero-order valence-electron chi connectivity index (χ0n) is 64.5. The Kier molecular flexibility index (Phi) is 30.6. The first-order valence-corrected chi connectivity index (χ1v) is 36.8. The number of likely N-dealkylation sites (tertiary alicyclic amines) is 3. The van der Waals surface area contributed by atoms with Crippen LogP contribution in [0.4, 0.5) is 102 Å².